The maximum absolute atomic E-state index is 11.3. The molecule has 2 aromatic rings. The van der Waals surface area contributed by atoms with Crippen LogP contribution in [0.4, 0.5) is 0 Å². The molecule has 1 aromatic heterocycles. The molecule has 0 aliphatic heterocycles. The van der Waals surface area contributed by atoms with Gasteiger partial charge in [-0.15, -0.1) is 0 Å². The lowest BCUT2D eigenvalue weighted by atomic mass is 10.0. The molecule has 6 heteroatoms. The maximum Gasteiger partial charge on any atom is 0.309 e. The Labute approximate surface area is 114 Å². The van der Waals surface area contributed by atoms with Crippen LogP contribution in [0, 0.1) is 6.92 Å². The van der Waals surface area contributed by atoms with Gasteiger partial charge in [-0.25, -0.2) is 4.45 Å². The minimum absolute atomic E-state index is 0.213. The fourth-order valence-electron chi connectivity index (χ4n) is 1.72. The number of carbonyl (C=O) groups excluding carboxylic acids is 1. The van der Waals surface area contributed by atoms with Crippen LogP contribution < -0.4 is 0 Å². The Balaban J connectivity index is 2.48. The molecule has 0 fully saturated rings. The average Bonchev–Trinajstić information content (AvgIpc) is 2.71. The second-order valence-corrected chi connectivity index (χ2v) is 5.77. The van der Waals surface area contributed by atoms with E-state index >= 15 is 0 Å². The number of fused-ring (bicyclic) bond motifs is 1. The molecule has 0 N–H and O–H groups in total. The summed E-state index contributed by atoms with van der Waals surface area (Å²) in [5, 5.41) is 5.41. The van der Waals surface area contributed by atoms with Crippen LogP contribution in [0.15, 0.2) is 18.3 Å². The van der Waals surface area contributed by atoms with E-state index < -0.39 is 0 Å². The molecule has 17 heavy (non-hydrogen) atoms. The average molecular weight is 362 g/mol. The van der Waals surface area contributed by atoms with Gasteiger partial charge in [-0.3, -0.25) is 4.79 Å². The van der Waals surface area contributed by atoms with Gasteiger partial charge in [-0.1, -0.05) is 0 Å². The summed E-state index contributed by atoms with van der Waals surface area (Å²) in [6.45, 7) is 2.00. The molecule has 2 rings (SSSR count). The fraction of sp³-hybridized carbons (Fsp3) is 0.273. The highest BCUT2D eigenvalue weighted by molar-refractivity contribution is 14.2. The van der Waals surface area contributed by atoms with Gasteiger partial charge in [0.2, 0.25) is 0 Å². The highest BCUT2D eigenvalue weighted by Gasteiger charge is 2.10. The molecule has 0 saturated heterocycles. The predicted molar refractivity (Wildman–Crippen MR) is 77.9 cm³/mol. The molecule has 0 bridgehead atoms. The molecule has 1 unspecified atom stereocenters. The molecule has 4 nitrogen and oxygen atoms in total. The Kier molecular flexibility index (Phi) is 3.99. The number of ether oxygens (including phenoxy) is 1. The van der Waals surface area contributed by atoms with Crippen molar-refractivity contribution < 1.29 is 9.53 Å². The van der Waals surface area contributed by atoms with Crippen molar-refractivity contribution in [2.75, 3.05) is 7.11 Å². The van der Waals surface area contributed by atoms with Crippen LogP contribution in [-0.4, -0.2) is 22.6 Å². The largest absolute Gasteiger partial charge is 0.469 e. The van der Waals surface area contributed by atoms with Gasteiger partial charge in [0, 0.05) is 5.39 Å². The Morgan fingerprint density at radius 1 is 1.59 bits per heavy atom. The standard InChI is InChI=1S/C11H12IN2O2P/c1-7-3-9-6-13-14(17-12)10(9)4-8(7)5-11(15)16-2/h3-4,6,17H,5H2,1-2H3. The lowest BCUT2D eigenvalue weighted by Gasteiger charge is -2.06. The van der Waals surface area contributed by atoms with Gasteiger partial charge >= 0.3 is 5.97 Å². The van der Waals surface area contributed by atoms with E-state index in [-0.39, 0.29) is 5.97 Å². The number of nitrogens with zero attached hydrogens (tertiary/aromatic N) is 2. The summed E-state index contributed by atoms with van der Waals surface area (Å²) >= 11 is 2.29. The zero-order chi connectivity index (χ0) is 12.4. The van der Waals surface area contributed by atoms with Crippen LogP contribution in [0.1, 0.15) is 11.1 Å². The lowest BCUT2D eigenvalue weighted by molar-refractivity contribution is -0.139. The van der Waals surface area contributed by atoms with Gasteiger partial charge in [0.15, 0.2) is 0 Å². The van der Waals surface area contributed by atoms with E-state index in [1.165, 1.54) is 7.11 Å². The summed E-state index contributed by atoms with van der Waals surface area (Å²) in [6, 6.07) is 4.09. The third-order valence-electron chi connectivity index (χ3n) is 2.67. The second-order valence-electron chi connectivity index (χ2n) is 3.73. The first-order valence-electron chi connectivity index (χ1n) is 5.06. The van der Waals surface area contributed by atoms with E-state index in [0.29, 0.717) is 12.8 Å². The van der Waals surface area contributed by atoms with Crippen LogP contribution in [0.3, 0.4) is 0 Å². The molecule has 0 amide bonds. The van der Waals surface area contributed by atoms with Crippen molar-refractivity contribution in [3.05, 3.63) is 29.5 Å². The first-order valence-corrected chi connectivity index (χ1v) is 9.12. The first-order chi connectivity index (χ1) is 8.15. The van der Waals surface area contributed by atoms with Crippen LogP contribution in [0.5, 0.6) is 0 Å². The molecular formula is C11H12IN2O2P. The Morgan fingerprint density at radius 2 is 2.35 bits per heavy atom. The normalized spacial score (nSPS) is 11.5. The molecule has 0 aliphatic carbocycles. The number of benzene rings is 1. The number of aromatic nitrogens is 2. The van der Waals surface area contributed by atoms with E-state index in [1.54, 1.807) is 0 Å². The van der Waals surface area contributed by atoms with Crippen molar-refractivity contribution in [1.82, 2.24) is 9.55 Å². The molecule has 1 aromatic carbocycles. The van der Waals surface area contributed by atoms with Gasteiger partial charge < -0.3 is 4.74 Å². The summed E-state index contributed by atoms with van der Waals surface area (Å²) in [5.41, 5.74) is 3.17. The molecule has 0 radical (unpaired) electrons. The lowest BCUT2D eigenvalue weighted by Crippen LogP contribution is -2.05. The molecule has 0 aliphatic rings. The summed E-state index contributed by atoms with van der Waals surface area (Å²) in [6.07, 6.45) is 2.73. The van der Waals surface area contributed by atoms with Crippen molar-refractivity contribution in [1.29, 1.82) is 0 Å². The van der Waals surface area contributed by atoms with Crippen molar-refractivity contribution in [2.45, 2.75) is 13.3 Å². The van der Waals surface area contributed by atoms with Gasteiger partial charge in [-0.2, -0.15) is 5.10 Å². The quantitative estimate of drug-likeness (QED) is 0.479. The number of halogens is 1. The number of carbonyl (C=O) groups is 1. The number of rotatable bonds is 3. The van der Waals surface area contributed by atoms with Gasteiger partial charge in [0.25, 0.3) is 0 Å². The number of hydrogen-bond acceptors (Lipinski definition) is 3. The topological polar surface area (TPSA) is 44.1 Å². The molecule has 1 heterocycles. The van der Waals surface area contributed by atoms with Gasteiger partial charge in [0.05, 0.1) is 31.6 Å². The van der Waals surface area contributed by atoms with E-state index in [2.05, 4.69) is 33.2 Å². The van der Waals surface area contributed by atoms with Crippen LogP contribution in [-0.2, 0) is 16.0 Å². The van der Waals surface area contributed by atoms with Crippen molar-refractivity contribution in [3.8, 4) is 0 Å². The minimum Gasteiger partial charge on any atom is -0.469 e. The zero-order valence-electron chi connectivity index (χ0n) is 9.53. The molecule has 1 atom stereocenters. The zero-order valence-corrected chi connectivity index (χ0v) is 12.7. The molecule has 0 saturated carbocycles. The molecule has 90 valence electrons. The SMILES string of the molecule is COC(=O)Cc1cc2c(cnn2PI)cc1C. The summed E-state index contributed by atoms with van der Waals surface area (Å²) in [5.74, 6) is -0.213. The van der Waals surface area contributed by atoms with E-state index in [9.17, 15) is 4.79 Å². The van der Waals surface area contributed by atoms with Crippen LogP contribution >= 0.6 is 28.4 Å². The third kappa shape index (κ3) is 2.60. The van der Waals surface area contributed by atoms with Crippen molar-refractivity contribution in [3.63, 3.8) is 0 Å². The maximum atomic E-state index is 11.3. The van der Waals surface area contributed by atoms with Crippen LogP contribution in [0.25, 0.3) is 10.9 Å². The van der Waals surface area contributed by atoms with E-state index in [4.69, 9.17) is 4.74 Å². The van der Waals surface area contributed by atoms with E-state index in [1.807, 2.05) is 23.6 Å². The Bertz CT molecular complexity index is 568. The summed E-state index contributed by atoms with van der Waals surface area (Å²) < 4.78 is 6.64. The van der Waals surface area contributed by atoms with E-state index in [0.717, 1.165) is 22.0 Å². The highest BCUT2D eigenvalue weighted by Crippen LogP contribution is 2.29. The Hall–Kier alpha value is -0.680. The smallest absolute Gasteiger partial charge is 0.309 e. The number of methoxy groups -OCH3 is 1. The Morgan fingerprint density at radius 3 is 3.00 bits per heavy atom. The van der Waals surface area contributed by atoms with Gasteiger partial charge in [0.1, 0.15) is 0 Å². The minimum atomic E-state index is -0.213. The monoisotopic (exact) mass is 362 g/mol. The summed E-state index contributed by atoms with van der Waals surface area (Å²) in [7, 11) is 1.41. The molecular weight excluding hydrogens is 350 g/mol. The van der Waals surface area contributed by atoms with Gasteiger partial charge in [-0.05, 0) is 52.2 Å². The second kappa shape index (κ2) is 5.31. The number of aryl methyl sites for hydroxylation is 1. The van der Waals surface area contributed by atoms with Crippen molar-refractivity contribution in [2.24, 2.45) is 0 Å². The van der Waals surface area contributed by atoms with Crippen LogP contribution in [0.2, 0.25) is 0 Å². The number of esters is 1. The first kappa shape index (κ1) is 12.8. The number of hydrogen-bond donors (Lipinski definition) is 0. The summed E-state index contributed by atoms with van der Waals surface area (Å²) in [4.78, 5) is 11.3. The molecule has 0 spiro atoms. The fourth-order valence-corrected chi connectivity index (χ4v) is 3.26. The predicted octanol–water partition coefficient (Wildman–Crippen LogP) is 2.85. The highest BCUT2D eigenvalue weighted by atomic mass is 127. The van der Waals surface area contributed by atoms with Crippen molar-refractivity contribution >= 4 is 45.3 Å². The third-order valence-corrected chi connectivity index (χ3v) is 4.56.